The Hall–Kier alpha value is -1.81. The first-order chi connectivity index (χ1) is 9.58. The molecule has 3 rings (SSSR count). The summed E-state index contributed by atoms with van der Waals surface area (Å²) in [6.07, 6.45) is 0.861. The molecule has 3 unspecified atom stereocenters. The summed E-state index contributed by atoms with van der Waals surface area (Å²) in [5, 5.41) is 14.0. The molecule has 1 aliphatic rings. The molecule has 4 nitrogen and oxygen atoms in total. The summed E-state index contributed by atoms with van der Waals surface area (Å²) >= 11 is 0. The minimum Gasteiger partial charge on any atom is -0.481 e. The lowest BCUT2D eigenvalue weighted by molar-refractivity contribution is -0.143. The van der Waals surface area contributed by atoms with Crippen LogP contribution in [0.5, 0.6) is 0 Å². The number of rotatable bonds is 2. The predicted octanol–water partition coefficient (Wildman–Crippen LogP) is 2.64. The molecule has 1 saturated heterocycles. The van der Waals surface area contributed by atoms with Crippen LogP contribution in [0.2, 0.25) is 0 Å². The third kappa shape index (κ3) is 2.10. The van der Waals surface area contributed by atoms with E-state index in [1.165, 1.54) is 5.56 Å². The lowest BCUT2D eigenvalue weighted by Crippen LogP contribution is -2.44. The number of carbonyl (C=O) groups is 1. The van der Waals surface area contributed by atoms with E-state index >= 15 is 0 Å². The van der Waals surface area contributed by atoms with Crippen molar-refractivity contribution in [2.45, 2.75) is 32.2 Å². The number of aliphatic carboxylic acids is 1. The van der Waals surface area contributed by atoms with Crippen LogP contribution >= 0.6 is 0 Å². The summed E-state index contributed by atoms with van der Waals surface area (Å²) < 4.78 is 0. The Kier molecular flexibility index (Phi) is 3.26. The average molecular weight is 272 g/mol. The standard InChI is InChI=1S/C16H20N2O2/c1-9-7-12(13(8-17-9)16(19)20)15-10(2)18-14-6-4-3-5-11(14)15/h3-6,9,12-13,17-18H,7-8H2,1-2H3,(H,19,20). The number of nitrogens with one attached hydrogen (secondary N) is 2. The van der Waals surface area contributed by atoms with Crippen molar-refractivity contribution in [3.63, 3.8) is 0 Å². The van der Waals surface area contributed by atoms with Gasteiger partial charge in [-0.25, -0.2) is 0 Å². The quantitative estimate of drug-likeness (QED) is 0.787. The number of piperidine rings is 1. The molecule has 2 heterocycles. The zero-order chi connectivity index (χ0) is 14.3. The van der Waals surface area contributed by atoms with Gasteiger partial charge >= 0.3 is 5.97 Å². The Bertz CT molecular complexity index is 647. The minimum absolute atomic E-state index is 0.0694. The molecule has 20 heavy (non-hydrogen) atoms. The lowest BCUT2D eigenvalue weighted by Gasteiger charge is -2.33. The third-order valence-electron chi connectivity index (χ3n) is 4.41. The minimum atomic E-state index is -0.709. The maximum atomic E-state index is 11.6. The first kappa shape index (κ1) is 13.2. The van der Waals surface area contributed by atoms with Gasteiger partial charge in [0, 0.05) is 35.1 Å². The third-order valence-corrected chi connectivity index (χ3v) is 4.41. The van der Waals surface area contributed by atoms with Crippen molar-refractivity contribution in [1.82, 2.24) is 10.3 Å². The Morgan fingerprint density at radius 1 is 1.35 bits per heavy atom. The van der Waals surface area contributed by atoms with Gasteiger partial charge in [0.1, 0.15) is 0 Å². The van der Waals surface area contributed by atoms with E-state index in [-0.39, 0.29) is 11.8 Å². The number of fused-ring (bicyclic) bond motifs is 1. The van der Waals surface area contributed by atoms with Crippen LogP contribution < -0.4 is 5.32 Å². The SMILES string of the molecule is Cc1[nH]c2ccccc2c1C1CC(C)NCC1C(=O)O. The molecule has 0 amide bonds. The second kappa shape index (κ2) is 4.94. The molecule has 3 N–H and O–H groups in total. The van der Waals surface area contributed by atoms with Crippen LogP contribution in [0.4, 0.5) is 0 Å². The van der Waals surface area contributed by atoms with E-state index in [2.05, 4.69) is 23.3 Å². The highest BCUT2D eigenvalue weighted by Crippen LogP contribution is 2.38. The van der Waals surface area contributed by atoms with Gasteiger partial charge in [-0.15, -0.1) is 0 Å². The fraction of sp³-hybridized carbons (Fsp3) is 0.438. The van der Waals surface area contributed by atoms with E-state index in [1.807, 2.05) is 25.1 Å². The predicted molar refractivity (Wildman–Crippen MR) is 79.0 cm³/mol. The Morgan fingerprint density at radius 2 is 2.10 bits per heavy atom. The van der Waals surface area contributed by atoms with Gasteiger partial charge in [0.15, 0.2) is 0 Å². The molecule has 3 atom stereocenters. The molecule has 0 spiro atoms. The number of hydrogen-bond donors (Lipinski definition) is 3. The second-order valence-corrected chi connectivity index (χ2v) is 5.81. The van der Waals surface area contributed by atoms with E-state index in [0.29, 0.717) is 12.6 Å². The molecule has 4 heteroatoms. The van der Waals surface area contributed by atoms with Crippen molar-refractivity contribution in [1.29, 1.82) is 0 Å². The van der Waals surface area contributed by atoms with E-state index < -0.39 is 5.97 Å². The molecule has 1 aliphatic heterocycles. The Morgan fingerprint density at radius 3 is 2.85 bits per heavy atom. The molecule has 1 fully saturated rings. The number of carboxylic acids is 1. The van der Waals surface area contributed by atoms with Crippen LogP contribution in [0.1, 0.15) is 30.5 Å². The molecule has 0 saturated carbocycles. The first-order valence-corrected chi connectivity index (χ1v) is 7.11. The highest BCUT2D eigenvalue weighted by Gasteiger charge is 2.36. The summed E-state index contributed by atoms with van der Waals surface area (Å²) in [5.41, 5.74) is 3.37. The van der Waals surface area contributed by atoms with Gasteiger partial charge in [0.05, 0.1) is 5.92 Å². The number of carboxylic acid groups (broad SMARTS) is 1. The van der Waals surface area contributed by atoms with Gasteiger partial charge in [-0.1, -0.05) is 18.2 Å². The number of benzene rings is 1. The van der Waals surface area contributed by atoms with Crippen molar-refractivity contribution in [3.8, 4) is 0 Å². The van der Waals surface area contributed by atoms with Gasteiger partial charge in [0.25, 0.3) is 0 Å². The number of aromatic nitrogens is 1. The van der Waals surface area contributed by atoms with Crippen LogP contribution in [-0.4, -0.2) is 28.6 Å². The Balaban J connectivity index is 2.11. The fourth-order valence-corrected chi connectivity index (χ4v) is 3.45. The second-order valence-electron chi connectivity index (χ2n) is 5.81. The van der Waals surface area contributed by atoms with Crippen molar-refractivity contribution >= 4 is 16.9 Å². The van der Waals surface area contributed by atoms with Crippen LogP contribution in [0.15, 0.2) is 24.3 Å². The molecule has 0 bridgehead atoms. The highest BCUT2D eigenvalue weighted by atomic mass is 16.4. The van der Waals surface area contributed by atoms with Crippen molar-refractivity contribution in [2.24, 2.45) is 5.92 Å². The van der Waals surface area contributed by atoms with E-state index in [1.54, 1.807) is 0 Å². The number of aryl methyl sites for hydroxylation is 1. The van der Waals surface area contributed by atoms with Gasteiger partial charge in [-0.3, -0.25) is 4.79 Å². The summed E-state index contributed by atoms with van der Waals surface area (Å²) in [4.78, 5) is 14.9. The number of aromatic amines is 1. The smallest absolute Gasteiger partial charge is 0.308 e. The number of hydrogen-bond acceptors (Lipinski definition) is 2. The molecule has 106 valence electrons. The maximum absolute atomic E-state index is 11.6. The zero-order valence-electron chi connectivity index (χ0n) is 11.8. The summed E-state index contributed by atoms with van der Waals surface area (Å²) in [5.74, 6) is -0.997. The van der Waals surface area contributed by atoms with Crippen molar-refractivity contribution in [3.05, 3.63) is 35.5 Å². The van der Waals surface area contributed by atoms with Crippen molar-refractivity contribution in [2.75, 3.05) is 6.54 Å². The fourth-order valence-electron chi connectivity index (χ4n) is 3.45. The molecule has 0 radical (unpaired) electrons. The summed E-state index contributed by atoms with van der Waals surface area (Å²) in [6.45, 7) is 4.70. The maximum Gasteiger partial charge on any atom is 0.308 e. The van der Waals surface area contributed by atoms with Gasteiger partial charge < -0.3 is 15.4 Å². The molecule has 2 aromatic rings. The monoisotopic (exact) mass is 272 g/mol. The van der Waals surface area contributed by atoms with E-state index in [0.717, 1.165) is 23.0 Å². The van der Waals surface area contributed by atoms with Crippen LogP contribution in [0.25, 0.3) is 10.9 Å². The van der Waals surface area contributed by atoms with Gasteiger partial charge in [-0.2, -0.15) is 0 Å². The van der Waals surface area contributed by atoms with E-state index in [9.17, 15) is 9.90 Å². The molecule has 1 aromatic carbocycles. The summed E-state index contributed by atoms with van der Waals surface area (Å²) in [6, 6.07) is 8.50. The molecular weight excluding hydrogens is 252 g/mol. The molecule has 1 aromatic heterocycles. The largest absolute Gasteiger partial charge is 0.481 e. The average Bonchev–Trinajstić information content (AvgIpc) is 2.73. The topological polar surface area (TPSA) is 65.1 Å². The van der Waals surface area contributed by atoms with E-state index in [4.69, 9.17) is 0 Å². The van der Waals surface area contributed by atoms with Crippen molar-refractivity contribution < 1.29 is 9.90 Å². The molecule has 0 aliphatic carbocycles. The first-order valence-electron chi connectivity index (χ1n) is 7.11. The lowest BCUT2D eigenvalue weighted by atomic mass is 9.77. The Labute approximate surface area is 118 Å². The van der Waals surface area contributed by atoms with Crippen LogP contribution in [0, 0.1) is 12.8 Å². The highest BCUT2D eigenvalue weighted by molar-refractivity contribution is 5.86. The number of para-hydroxylation sites is 1. The normalized spacial score (nSPS) is 26.8. The van der Waals surface area contributed by atoms with Crippen LogP contribution in [-0.2, 0) is 4.79 Å². The zero-order valence-corrected chi connectivity index (χ0v) is 11.8. The summed E-state index contributed by atoms with van der Waals surface area (Å²) in [7, 11) is 0. The van der Waals surface area contributed by atoms with Crippen LogP contribution in [0.3, 0.4) is 0 Å². The van der Waals surface area contributed by atoms with Gasteiger partial charge in [0.2, 0.25) is 0 Å². The van der Waals surface area contributed by atoms with Gasteiger partial charge in [-0.05, 0) is 31.9 Å². The molecular formula is C16H20N2O2. The number of H-pyrrole nitrogens is 1.